The van der Waals surface area contributed by atoms with E-state index in [1.54, 1.807) is 11.8 Å². The number of benzene rings is 1. The van der Waals surface area contributed by atoms with Crippen molar-refractivity contribution in [2.45, 2.75) is 45.1 Å². The number of alkyl halides is 3. The Bertz CT molecular complexity index is 1300. The van der Waals surface area contributed by atoms with Crippen molar-refractivity contribution < 1.29 is 22.7 Å². The van der Waals surface area contributed by atoms with E-state index < -0.39 is 29.0 Å². The predicted octanol–water partition coefficient (Wildman–Crippen LogP) is 3.19. The molecule has 186 valence electrons. The quantitative estimate of drug-likeness (QED) is 0.551. The van der Waals surface area contributed by atoms with Gasteiger partial charge in [0, 0.05) is 25.0 Å². The lowest BCUT2D eigenvalue weighted by molar-refractivity contribution is -0.153. The van der Waals surface area contributed by atoms with Crippen LogP contribution in [0.5, 0.6) is 0 Å². The first-order valence-electron chi connectivity index (χ1n) is 11.3. The van der Waals surface area contributed by atoms with Crippen LogP contribution in [-0.4, -0.2) is 46.2 Å². The van der Waals surface area contributed by atoms with Crippen molar-refractivity contribution in [3.05, 3.63) is 52.1 Å². The SMILES string of the molecule is CC1(Cn2c(C(F)(F)F)nc3sc(N4CCCC4C(=O)NCc4ccccc4)nc3c2=O)COC1. The minimum Gasteiger partial charge on any atom is -0.380 e. The molecule has 8 nitrogen and oxygen atoms in total. The van der Waals surface area contributed by atoms with Gasteiger partial charge in [0.15, 0.2) is 15.5 Å². The van der Waals surface area contributed by atoms with E-state index in [0.29, 0.717) is 29.2 Å². The highest BCUT2D eigenvalue weighted by molar-refractivity contribution is 7.21. The molecule has 0 radical (unpaired) electrons. The minimum atomic E-state index is -4.80. The number of thiazole rings is 1. The third-order valence-corrected chi connectivity index (χ3v) is 7.30. The fourth-order valence-corrected chi connectivity index (χ4v) is 5.48. The molecule has 0 spiro atoms. The fraction of sp³-hybridized carbons (Fsp3) is 0.478. The number of hydrogen-bond acceptors (Lipinski definition) is 7. The second-order valence-corrected chi connectivity index (χ2v) is 10.3. The van der Waals surface area contributed by atoms with Crippen molar-refractivity contribution in [1.82, 2.24) is 19.9 Å². The minimum absolute atomic E-state index is 0.0843. The summed E-state index contributed by atoms with van der Waals surface area (Å²) in [5, 5.41) is 3.24. The van der Waals surface area contributed by atoms with Gasteiger partial charge in [0.1, 0.15) is 6.04 Å². The van der Waals surface area contributed by atoms with Gasteiger partial charge in [-0.3, -0.25) is 14.2 Å². The Morgan fingerprint density at radius 1 is 1.26 bits per heavy atom. The predicted molar refractivity (Wildman–Crippen MR) is 124 cm³/mol. The molecule has 0 aliphatic carbocycles. The Morgan fingerprint density at radius 2 is 2.00 bits per heavy atom. The Kier molecular flexibility index (Phi) is 6.04. The number of carbonyl (C=O) groups is 1. The van der Waals surface area contributed by atoms with Gasteiger partial charge in [0.2, 0.25) is 11.7 Å². The molecule has 3 aromatic rings. The topological polar surface area (TPSA) is 89.4 Å². The van der Waals surface area contributed by atoms with E-state index in [0.717, 1.165) is 23.3 Å². The lowest BCUT2D eigenvalue weighted by atomic mass is 9.88. The standard InChI is InChI=1S/C23H24F3N5O3S/c1-22(12-34-13-22)11-31-19(33)16-18(29-20(31)23(24,25)26)35-21(28-16)30-9-5-8-15(30)17(32)27-10-14-6-3-2-4-7-14/h2-4,6-7,15H,5,8-13H2,1H3,(H,27,32). The van der Waals surface area contributed by atoms with Gasteiger partial charge in [0.05, 0.1) is 13.2 Å². The summed E-state index contributed by atoms with van der Waals surface area (Å²) in [5.41, 5.74) is -0.561. The number of rotatable bonds is 6. The van der Waals surface area contributed by atoms with Gasteiger partial charge in [-0.15, -0.1) is 0 Å². The maximum Gasteiger partial charge on any atom is 0.449 e. The van der Waals surface area contributed by atoms with Crippen LogP contribution in [0.1, 0.15) is 31.2 Å². The van der Waals surface area contributed by atoms with Crippen LogP contribution in [0.15, 0.2) is 35.1 Å². The van der Waals surface area contributed by atoms with Crippen molar-refractivity contribution in [1.29, 1.82) is 0 Å². The van der Waals surface area contributed by atoms with Crippen LogP contribution in [0, 0.1) is 5.41 Å². The average molecular weight is 508 g/mol. The molecule has 2 aliphatic heterocycles. The monoisotopic (exact) mass is 507 g/mol. The van der Waals surface area contributed by atoms with Gasteiger partial charge in [-0.1, -0.05) is 48.6 Å². The second kappa shape index (κ2) is 8.90. The highest BCUT2D eigenvalue weighted by Gasteiger charge is 2.42. The van der Waals surface area contributed by atoms with Crippen molar-refractivity contribution in [2.75, 3.05) is 24.7 Å². The van der Waals surface area contributed by atoms with E-state index >= 15 is 0 Å². The van der Waals surface area contributed by atoms with Crippen LogP contribution in [-0.2, 0) is 28.8 Å². The summed E-state index contributed by atoms with van der Waals surface area (Å²) in [6.07, 6.45) is -3.49. The smallest absolute Gasteiger partial charge is 0.380 e. The summed E-state index contributed by atoms with van der Waals surface area (Å²) in [7, 11) is 0. The van der Waals surface area contributed by atoms with E-state index in [2.05, 4.69) is 15.3 Å². The lowest BCUT2D eigenvalue weighted by Crippen LogP contribution is -2.46. The average Bonchev–Trinajstić information content (AvgIpc) is 3.45. The number of aromatic nitrogens is 3. The van der Waals surface area contributed by atoms with Crippen LogP contribution in [0.2, 0.25) is 0 Å². The van der Waals surface area contributed by atoms with Crippen molar-refractivity contribution in [2.24, 2.45) is 5.41 Å². The molecule has 5 rings (SSSR count). The third kappa shape index (κ3) is 4.64. The van der Waals surface area contributed by atoms with Crippen LogP contribution in [0.25, 0.3) is 10.3 Å². The largest absolute Gasteiger partial charge is 0.449 e. The molecule has 2 fully saturated rings. The van der Waals surface area contributed by atoms with E-state index in [-0.39, 0.29) is 36.0 Å². The number of amides is 1. The molecule has 2 aromatic heterocycles. The highest BCUT2D eigenvalue weighted by Crippen LogP contribution is 2.36. The zero-order chi connectivity index (χ0) is 24.8. The second-order valence-electron chi connectivity index (χ2n) is 9.33. The van der Waals surface area contributed by atoms with Crippen LogP contribution < -0.4 is 15.8 Å². The molecule has 35 heavy (non-hydrogen) atoms. The van der Waals surface area contributed by atoms with Crippen LogP contribution in [0.4, 0.5) is 18.3 Å². The van der Waals surface area contributed by atoms with Crippen LogP contribution in [0.3, 0.4) is 0 Å². The summed E-state index contributed by atoms with van der Waals surface area (Å²) < 4.78 is 47.3. The Hall–Kier alpha value is -2.99. The number of nitrogens with zero attached hydrogens (tertiary/aromatic N) is 4. The number of hydrogen-bond donors (Lipinski definition) is 1. The molecule has 2 saturated heterocycles. The number of anilines is 1. The molecule has 1 unspecified atom stereocenters. The van der Waals surface area contributed by atoms with Gasteiger partial charge in [-0.25, -0.2) is 9.97 Å². The van der Waals surface area contributed by atoms with Crippen molar-refractivity contribution in [3.8, 4) is 0 Å². The summed E-state index contributed by atoms with van der Waals surface area (Å²) in [4.78, 5) is 35.9. The summed E-state index contributed by atoms with van der Waals surface area (Å²) in [5.74, 6) is -1.43. The molecule has 2 aliphatic rings. The Morgan fingerprint density at radius 3 is 2.66 bits per heavy atom. The first-order valence-corrected chi connectivity index (χ1v) is 12.1. The number of ether oxygens (including phenoxy) is 1. The van der Waals surface area contributed by atoms with Crippen molar-refractivity contribution in [3.63, 3.8) is 0 Å². The van der Waals surface area contributed by atoms with Gasteiger partial charge in [-0.2, -0.15) is 13.2 Å². The molecule has 0 saturated carbocycles. The Labute approximate surface area is 202 Å². The van der Waals surface area contributed by atoms with Gasteiger partial charge in [-0.05, 0) is 18.4 Å². The molecule has 12 heteroatoms. The molecule has 1 aromatic carbocycles. The number of fused-ring (bicyclic) bond motifs is 1. The van der Waals surface area contributed by atoms with E-state index in [1.165, 1.54) is 0 Å². The zero-order valence-electron chi connectivity index (χ0n) is 19.0. The maximum absolute atomic E-state index is 13.8. The summed E-state index contributed by atoms with van der Waals surface area (Å²) >= 11 is 0.907. The molecule has 1 atom stereocenters. The molecular formula is C23H24F3N5O3S. The van der Waals surface area contributed by atoms with Gasteiger partial charge in [0.25, 0.3) is 5.56 Å². The first-order chi connectivity index (χ1) is 16.6. The normalized spacial score (nSPS) is 19.7. The summed E-state index contributed by atoms with van der Waals surface area (Å²) in [6.45, 7) is 3.02. The maximum atomic E-state index is 13.8. The molecule has 0 bridgehead atoms. The van der Waals surface area contributed by atoms with E-state index in [4.69, 9.17) is 4.74 Å². The zero-order valence-corrected chi connectivity index (χ0v) is 19.8. The Balaban J connectivity index is 1.45. The number of halogens is 3. The number of carbonyl (C=O) groups excluding carboxylic acids is 1. The van der Waals surface area contributed by atoms with E-state index in [9.17, 15) is 22.8 Å². The molecule has 1 amide bonds. The molecule has 4 heterocycles. The summed E-state index contributed by atoms with van der Waals surface area (Å²) in [6, 6.07) is 8.96. The van der Waals surface area contributed by atoms with Crippen LogP contribution >= 0.6 is 11.3 Å². The molecular weight excluding hydrogens is 483 g/mol. The lowest BCUT2D eigenvalue weighted by Gasteiger charge is -2.38. The van der Waals surface area contributed by atoms with Gasteiger partial charge < -0.3 is 15.0 Å². The fourth-order valence-electron chi connectivity index (χ4n) is 4.48. The van der Waals surface area contributed by atoms with E-state index in [1.807, 2.05) is 30.3 Å². The highest BCUT2D eigenvalue weighted by atomic mass is 32.1. The third-order valence-electron chi connectivity index (χ3n) is 6.31. The number of nitrogens with one attached hydrogen (secondary N) is 1. The molecule has 1 N–H and O–H groups in total. The first kappa shape index (κ1) is 23.7. The van der Waals surface area contributed by atoms with Gasteiger partial charge >= 0.3 is 6.18 Å². The van der Waals surface area contributed by atoms with Crippen molar-refractivity contribution >= 4 is 32.7 Å².